The van der Waals surface area contributed by atoms with Crippen LogP contribution in [0, 0.1) is 13.8 Å². The van der Waals surface area contributed by atoms with Crippen LogP contribution in [0.4, 0.5) is 5.82 Å². The first-order valence-corrected chi connectivity index (χ1v) is 8.16. The predicted molar refractivity (Wildman–Crippen MR) is 103 cm³/mol. The van der Waals surface area contributed by atoms with Crippen molar-refractivity contribution in [1.29, 1.82) is 0 Å². The Bertz CT molecular complexity index is 940. The van der Waals surface area contributed by atoms with Gasteiger partial charge >= 0.3 is 0 Å². The summed E-state index contributed by atoms with van der Waals surface area (Å²) in [5.41, 5.74) is 6.22. The molecule has 1 heterocycles. The van der Waals surface area contributed by atoms with Gasteiger partial charge in [0.25, 0.3) is 0 Å². The number of nitrogens with one attached hydrogen (secondary N) is 1. The van der Waals surface area contributed by atoms with Crippen molar-refractivity contribution in [1.82, 2.24) is 9.97 Å². The van der Waals surface area contributed by atoms with Gasteiger partial charge in [-0.2, -0.15) is 5.10 Å². The Hall–Kier alpha value is -3.41. The molecule has 0 saturated carbocycles. The lowest BCUT2D eigenvalue weighted by Gasteiger charge is -2.10. The van der Waals surface area contributed by atoms with Crippen molar-refractivity contribution >= 4 is 12.0 Å². The van der Waals surface area contributed by atoms with E-state index in [0.29, 0.717) is 23.0 Å². The number of ether oxygens (including phenoxy) is 1. The van der Waals surface area contributed by atoms with E-state index in [0.717, 1.165) is 16.8 Å². The third-order valence-electron chi connectivity index (χ3n) is 4.05. The minimum atomic E-state index is 0.0427. The summed E-state index contributed by atoms with van der Waals surface area (Å²) in [6.45, 7) is 3.87. The number of nitrogens with zero attached hydrogens (tertiary/aromatic N) is 3. The highest BCUT2D eigenvalue weighted by Gasteiger charge is 2.09. The average molecular weight is 348 g/mol. The van der Waals surface area contributed by atoms with Gasteiger partial charge in [0, 0.05) is 22.4 Å². The van der Waals surface area contributed by atoms with E-state index in [1.807, 2.05) is 44.2 Å². The molecule has 0 amide bonds. The Morgan fingerprint density at radius 3 is 2.54 bits per heavy atom. The summed E-state index contributed by atoms with van der Waals surface area (Å²) in [5.74, 6) is 1.70. The molecular formula is C20H20N4O2. The van der Waals surface area contributed by atoms with Crippen molar-refractivity contribution in [3.05, 3.63) is 65.4 Å². The molecule has 0 aliphatic heterocycles. The highest BCUT2D eigenvalue weighted by Crippen LogP contribution is 2.28. The third-order valence-corrected chi connectivity index (χ3v) is 4.05. The smallest absolute Gasteiger partial charge is 0.166 e. The van der Waals surface area contributed by atoms with Gasteiger partial charge in [0.2, 0.25) is 0 Å². The van der Waals surface area contributed by atoms with Crippen LogP contribution in [0.15, 0.2) is 53.6 Å². The maximum atomic E-state index is 10.1. The number of phenolic OH excluding ortho intramolecular Hbond substituents is 1. The molecule has 0 atom stereocenters. The number of phenols is 1. The Morgan fingerprint density at radius 2 is 1.81 bits per heavy atom. The van der Waals surface area contributed by atoms with Crippen LogP contribution >= 0.6 is 0 Å². The van der Waals surface area contributed by atoms with Gasteiger partial charge in [-0.3, -0.25) is 5.43 Å². The molecule has 0 radical (unpaired) electrons. The second-order valence-corrected chi connectivity index (χ2v) is 5.74. The van der Waals surface area contributed by atoms with E-state index in [2.05, 4.69) is 20.5 Å². The van der Waals surface area contributed by atoms with Crippen LogP contribution in [0.5, 0.6) is 11.5 Å². The number of anilines is 1. The molecule has 1 aromatic heterocycles. The zero-order chi connectivity index (χ0) is 18.5. The molecule has 0 aliphatic carbocycles. The molecule has 26 heavy (non-hydrogen) atoms. The first-order chi connectivity index (χ1) is 12.6. The van der Waals surface area contributed by atoms with E-state index in [4.69, 9.17) is 4.74 Å². The van der Waals surface area contributed by atoms with Crippen molar-refractivity contribution in [3.63, 3.8) is 0 Å². The summed E-state index contributed by atoms with van der Waals surface area (Å²) in [6.07, 6.45) is 1.52. The highest BCUT2D eigenvalue weighted by molar-refractivity contribution is 5.85. The van der Waals surface area contributed by atoms with E-state index in [-0.39, 0.29) is 5.75 Å². The summed E-state index contributed by atoms with van der Waals surface area (Å²) < 4.78 is 5.10. The maximum absolute atomic E-state index is 10.1. The normalized spacial score (nSPS) is 10.9. The van der Waals surface area contributed by atoms with Crippen LogP contribution in [0.25, 0.3) is 11.4 Å². The van der Waals surface area contributed by atoms with Crippen LogP contribution in [-0.4, -0.2) is 28.4 Å². The van der Waals surface area contributed by atoms with Gasteiger partial charge in [-0.25, -0.2) is 9.97 Å². The molecular weight excluding hydrogens is 328 g/mol. The number of aromatic hydroxyl groups is 1. The number of hydrogen-bond donors (Lipinski definition) is 2. The minimum absolute atomic E-state index is 0.0427. The Kier molecular flexibility index (Phi) is 5.12. The van der Waals surface area contributed by atoms with E-state index in [1.54, 1.807) is 18.2 Å². The van der Waals surface area contributed by atoms with Crippen LogP contribution in [-0.2, 0) is 0 Å². The summed E-state index contributed by atoms with van der Waals surface area (Å²) in [5, 5.41) is 14.3. The lowest BCUT2D eigenvalue weighted by atomic mass is 10.2. The molecule has 2 aromatic carbocycles. The lowest BCUT2D eigenvalue weighted by Crippen LogP contribution is -2.03. The van der Waals surface area contributed by atoms with E-state index < -0.39 is 0 Å². The largest absolute Gasteiger partial charge is 0.504 e. The zero-order valence-electron chi connectivity index (χ0n) is 14.9. The van der Waals surface area contributed by atoms with Crippen molar-refractivity contribution in [3.8, 4) is 22.9 Å². The summed E-state index contributed by atoms with van der Waals surface area (Å²) >= 11 is 0. The fraction of sp³-hybridized carbons (Fsp3) is 0.150. The van der Waals surface area contributed by atoms with Crippen LogP contribution in [0.2, 0.25) is 0 Å². The van der Waals surface area contributed by atoms with Crippen molar-refractivity contribution < 1.29 is 9.84 Å². The Morgan fingerprint density at radius 1 is 1.04 bits per heavy atom. The molecule has 3 rings (SSSR count). The SMILES string of the molecule is COc1cccc(C=NNc2nc(-c3ccccc3)nc(C)c2C)c1O. The zero-order valence-corrected chi connectivity index (χ0v) is 14.9. The monoisotopic (exact) mass is 348 g/mol. The van der Waals surface area contributed by atoms with Crippen LogP contribution in [0.1, 0.15) is 16.8 Å². The van der Waals surface area contributed by atoms with E-state index in [9.17, 15) is 5.11 Å². The van der Waals surface area contributed by atoms with Gasteiger partial charge in [-0.15, -0.1) is 0 Å². The van der Waals surface area contributed by atoms with Gasteiger partial charge in [0.1, 0.15) is 0 Å². The van der Waals surface area contributed by atoms with Gasteiger partial charge < -0.3 is 9.84 Å². The summed E-state index contributed by atoms with van der Waals surface area (Å²) in [7, 11) is 1.51. The van der Waals surface area contributed by atoms with Crippen LogP contribution in [0.3, 0.4) is 0 Å². The minimum Gasteiger partial charge on any atom is -0.504 e. The molecule has 2 N–H and O–H groups in total. The topological polar surface area (TPSA) is 79.6 Å². The van der Waals surface area contributed by atoms with Gasteiger partial charge in [0.15, 0.2) is 23.1 Å². The predicted octanol–water partition coefficient (Wildman–Crippen LogP) is 3.92. The molecule has 0 bridgehead atoms. The molecule has 0 aliphatic rings. The fourth-order valence-electron chi connectivity index (χ4n) is 2.43. The van der Waals surface area contributed by atoms with Crippen molar-refractivity contribution in [2.24, 2.45) is 5.10 Å². The first kappa shape index (κ1) is 17.4. The highest BCUT2D eigenvalue weighted by atomic mass is 16.5. The second-order valence-electron chi connectivity index (χ2n) is 5.74. The molecule has 6 heteroatoms. The lowest BCUT2D eigenvalue weighted by molar-refractivity contribution is 0.373. The van der Waals surface area contributed by atoms with Gasteiger partial charge in [-0.05, 0) is 26.0 Å². The number of para-hydroxylation sites is 1. The Labute approximate surface area is 152 Å². The summed E-state index contributed by atoms with van der Waals surface area (Å²) in [4.78, 5) is 9.11. The van der Waals surface area contributed by atoms with Crippen LogP contribution < -0.4 is 10.2 Å². The number of aromatic nitrogens is 2. The molecule has 0 unspecified atom stereocenters. The number of hydrogen-bond acceptors (Lipinski definition) is 6. The number of benzene rings is 2. The first-order valence-electron chi connectivity index (χ1n) is 8.16. The van der Waals surface area contributed by atoms with Crippen molar-refractivity contribution in [2.75, 3.05) is 12.5 Å². The second kappa shape index (κ2) is 7.65. The molecule has 0 spiro atoms. The molecule has 6 nitrogen and oxygen atoms in total. The number of methoxy groups -OCH3 is 1. The number of rotatable bonds is 5. The summed E-state index contributed by atoms with van der Waals surface area (Å²) in [6, 6.07) is 15.0. The molecule has 132 valence electrons. The number of aryl methyl sites for hydroxylation is 1. The van der Waals surface area contributed by atoms with E-state index in [1.165, 1.54) is 13.3 Å². The Balaban J connectivity index is 1.87. The third kappa shape index (κ3) is 3.64. The maximum Gasteiger partial charge on any atom is 0.166 e. The average Bonchev–Trinajstić information content (AvgIpc) is 2.67. The molecule has 0 fully saturated rings. The van der Waals surface area contributed by atoms with Gasteiger partial charge in [-0.1, -0.05) is 36.4 Å². The fourth-order valence-corrected chi connectivity index (χ4v) is 2.43. The quantitative estimate of drug-likeness (QED) is 0.540. The standard InChI is InChI=1S/C20H20N4O2/c1-13-14(2)22-20(15-8-5-4-6-9-15)23-19(13)24-21-12-16-10-7-11-17(26-3)18(16)25/h4-12,25H,1-3H3,(H,22,23,24). The molecule has 3 aromatic rings. The van der Waals surface area contributed by atoms with Crippen molar-refractivity contribution in [2.45, 2.75) is 13.8 Å². The molecule has 0 saturated heterocycles. The number of hydrazone groups is 1. The van der Waals surface area contributed by atoms with E-state index >= 15 is 0 Å². The van der Waals surface area contributed by atoms with Gasteiger partial charge in [0.05, 0.1) is 13.3 Å².